The standard InChI is InChI=1S/C12H19N5O3/c1-4-5-9(10(18)19)6-13-12(20)15-11-14-7(2)8(3)16-17-11/h9H,4-6H2,1-3H3,(H,18,19)(H2,13,14,15,17,20). The van der Waals surface area contributed by atoms with Crippen molar-refractivity contribution < 1.29 is 14.7 Å². The topological polar surface area (TPSA) is 117 Å². The number of amides is 2. The average molecular weight is 281 g/mol. The molecule has 0 saturated heterocycles. The zero-order valence-corrected chi connectivity index (χ0v) is 11.8. The molecule has 1 unspecified atom stereocenters. The van der Waals surface area contributed by atoms with Crippen LogP contribution in [0.3, 0.4) is 0 Å². The van der Waals surface area contributed by atoms with Crippen LogP contribution in [0.15, 0.2) is 0 Å². The van der Waals surface area contributed by atoms with Crippen LogP contribution >= 0.6 is 0 Å². The summed E-state index contributed by atoms with van der Waals surface area (Å²) >= 11 is 0. The Bertz CT molecular complexity index is 492. The van der Waals surface area contributed by atoms with Crippen molar-refractivity contribution in [1.82, 2.24) is 20.5 Å². The molecule has 1 heterocycles. The summed E-state index contributed by atoms with van der Waals surface area (Å²) in [6, 6.07) is -0.544. The Morgan fingerprint density at radius 2 is 1.95 bits per heavy atom. The van der Waals surface area contributed by atoms with Gasteiger partial charge in [0, 0.05) is 6.54 Å². The van der Waals surface area contributed by atoms with Gasteiger partial charge in [0.15, 0.2) is 0 Å². The summed E-state index contributed by atoms with van der Waals surface area (Å²) in [5, 5.41) is 21.4. The van der Waals surface area contributed by atoms with Crippen molar-refractivity contribution in [2.24, 2.45) is 5.92 Å². The van der Waals surface area contributed by atoms with Gasteiger partial charge in [-0.1, -0.05) is 13.3 Å². The lowest BCUT2D eigenvalue weighted by Gasteiger charge is -2.12. The van der Waals surface area contributed by atoms with Crippen LogP contribution in [0.5, 0.6) is 0 Å². The van der Waals surface area contributed by atoms with E-state index in [1.807, 2.05) is 6.92 Å². The lowest BCUT2D eigenvalue weighted by molar-refractivity contribution is -0.141. The fourth-order valence-electron chi connectivity index (χ4n) is 1.53. The highest BCUT2D eigenvalue weighted by Crippen LogP contribution is 2.05. The number of aromatic nitrogens is 3. The van der Waals surface area contributed by atoms with E-state index < -0.39 is 17.9 Å². The van der Waals surface area contributed by atoms with Crippen molar-refractivity contribution in [2.45, 2.75) is 33.6 Å². The highest BCUT2D eigenvalue weighted by Gasteiger charge is 2.17. The summed E-state index contributed by atoms with van der Waals surface area (Å²) in [7, 11) is 0. The van der Waals surface area contributed by atoms with E-state index in [1.165, 1.54) is 0 Å². The molecule has 0 aliphatic rings. The molecule has 1 aromatic rings. The number of carboxylic acid groups (broad SMARTS) is 1. The number of nitrogens with zero attached hydrogens (tertiary/aromatic N) is 3. The van der Waals surface area contributed by atoms with E-state index in [0.29, 0.717) is 17.8 Å². The van der Waals surface area contributed by atoms with E-state index in [1.54, 1.807) is 13.8 Å². The zero-order valence-electron chi connectivity index (χ0n) is 11.8. The molecular formula is C12H19N5O3. The molecule has 0 spiro atoms. The van der Waals surface area contributed by atoms with E-state index in [9.17, 15) is 9.59 Å². The maximum atomic E-state index is 11.6. The minimum Gasteiger partial charge on any atom is -0.481 e. The number of rotatable bonds is 6. The van der Waals surface area contributed by atoms with E-state index in [0.717, 1.165) is 6.42 Å². The first-order valence-electron chi connectivity index (χ1n) is 6.39. The van der Waals surface area contributed by atoms with Crippen LogP contribution in [0, 0.1) is 19.8 Å². The summed E-state index contributed by atoms with van der Waals surface area (Å²) in [5.74, 6) is -1.42. The van der Waals surface area contributed by atoms with Gasteiger partial charge < -0.3 is 10.4 Å². The number of hydrogen-bond acceptors (Lipinski definition) is 5. The number of hydrogen-bond donors (Lipinski definition) is 3. The van der Waals surface area contributed by atoms with Crippen molar-refractivity contribution >= 4 is 17.9 Å². The van der Waals surface area contributed by atoms with E-state index in [4.69, 9.17) is 5.11 Å². The normalized spacial score (nSPS) is 11.8. The number of anilines is 1. The minimum absolute atomic E-state index is 0.0628. The molecule has 0 aromatic carbocycles. The molecule has 0 fully saturated rings. The predicted octanol–water partition coefficient (Wildman–Crippen LogP) is 1.11. The third kappa shape index (κ3) is 4.79. The molecule has 1 atom stereocenters. The van der Waals surface area contributed by atoms with E-state index in [2.05, 4.69) is 25.8 Å². The molecule has 0 bridgehead atoms. The third-order valence-corrected chi connectivity index (χ3v) is 2.81. The molecule has 1 rings (SSSR count). The summed E-state index contributed by atoms with van der Waals surface area (Å²) < 4.78 is 0. The number of carbonyl (C=O) groups is 2. The summed E-state index contributed by atoms with van der Waals surface area (Å²) in [6.45, 7) is 5.48. The van der Waals surface area contributed by atoms with Crippen molar-refractivity contribution in [1.29, 1.82) is 0 Å². The Labute approximate surface area is 117 Å². The lowest BCUT2D eigenvalue weighted by Crippen LogP contribution is -2.36. The third-order valence-electron chi connectivity index (χ3n) is 2.81. The Morgan fingerprint density at radius 1 is 1.25 bits per heavy atom. The second-order valence-corrected chi connectivity index (χ2v) is 4.47. The number of carbonyl (C=O) groups excluding carboxylic acids is 1. The first-order chi connectivity index (χ1) is 9.43. The first kappa shape index (κ1) is 15.8. The Balaban J connectivity index is 2.50. The number of nitrogens with one attached hydrogen (secondary N) is 2. The van der Waals surface area contributed by atoms with Gasteiger partial charge in [0.25, 0.3) is 5.95 Å². The Hall–Kier alpha value is -2.25. The van der Waals surface area contributed by atoms with Crippen LogP contribution < -0.4 is 10.6 Å². The van der Waals surface area contributed by atoms with Crippen molar-refractivity contribution in [3.8, 4) is 0 Å². The van der Waals surface area contributed by atoms with Crippen LogP contribution in [0.25, 0.3) is 0 Å². The fraction of sp³-hybridized carbons (Fsp3) is 0.583. The molecule has 110 valence electrons. The number of aliphatic carboxylic acids is 1. The summed E-state index contributed by atoms with van der Waals surface area (Å²) in [6.07, 6.45) is 1.25. The zero-order chi connectivity index (χ0) is 15.1. The molecule has 0 saturated carbocycles. The van der Waals surface area contributed by atoms with Gasteiger partial charge in [-0.25, -0.2) is 9.78 Å². The number of urea groups is 1. The Morgan fingerprint density at radius 3 is 2.50 bits per heavy atom. The van der Waals surface area contributed by atoms with Gasteiger partial charge in [0.2, 0.25) is 0 Å². The summed E-state index contributed by atoms with van der Waals surface area (Å²) in [4.78, 5) is 26.6. The van der Waals surface area contributed by atoms with Gasteiger partial charge in [0.1, 0.15) is 0 Å². The molecular weight excluding hydrogens is 262 g/mol. The van der Waals surface area contributed by atoms with Crippen LogP contribution in [-0.4, -0.2) is 38.8 Å². The van der Waals surface area contributed by atoms with Crippen LogP contribution in [-0.2, 0) is 4.79 Å². The van der Waals surface area contributed by atoms with Gasteiger partial charge in [-0.05, 0) is 20.3 Å². The maximum absolute atomic E-state index is 11.6. The molecule has 1 aromatic heterocycles. The van der Waals surface area contributed by atoms with E-state index in [-0.39, 0.29) is 12.5 Å². The molecule has 0 aliphatic carbocycles. The van der Waals surface area contributed by atoms with Gasteiger partial charge in [0.05, 0.1) is 17.3 Å². The van der Waals surface area contributed by atoms with Crippen molar-refractivity contribution in [2.75, 3.05) is 11.9 Å². The smallest absolute Gasteiger partial charge is 0.321 e. The fourth-order valence-corrected chi connectivity index (χ4v) is 1.53. The van der Waals surface area contributed by atoms with Gasteiger partial charge >= 0.3 is 12.0 Å². The quantitative estimate of drug-likeness (QED) is 0.719. The predicted molar refractivity (Wildman–Crippen MR) is 72.4 cm³/mol. The second-order valence-electron chi connectivity index (χ2n) is 4.47. The van der Waals surface area contributed by atoms with Crippen LogP contribution in [0.4, 0.5) is 10.7 Å². The lowest BCUT2D eigenvalue weighted by atomic mass is 10.0. The average Bonchev–Trinajstić information content (AvgIpc) is 2.38. The number of aryl methyl sites for hydroxylation is 2. The van der Waals surface area contributed by atoms with Gasteiger partial charge in [-0.2, -0.15) is 5.10 Å². The largest absolute Gasteiger partial charge is 0.481 e. The van der Waals surface area contributed by atoms with E-state index >= 15 is 0 Å². The maximum Gasteiger partial charge on any atom is 0.321 e. The highest BCUT2D eigenvalue weighted by molar-refractivity contribution is 5.87. The molecule has 8 heteroatoms. The van der Waals surface area contributed by atoms with Gasteiger partial charge in [-0.3, -0.25) is 10.1 Å². The van der Waals surface area contributed by atoms with Crippen LogP contribution in [0.2, 0.25) is 0 Å². The first-order valence-corrected chi connectivity index (χ1v) is 6.39. The highest BCUT2D eigenvalue weighted by atomic mass is 16.4. The molecule has 8 nitrogen and oxygen atoms in total. The molecule has 3 N–H and O–H groups in total. The molecule has 0 aliphatic heterocycles. The van der Waals surface area contributed by atoms with Crippen molar-refractivity contribution in [3.63, 3.8) is 0 Å². The molecule has 20 heavy (non-hydrogen) atoms. The second kappa shape index (κ2) is 7.37. The van der Waals surface area contributed by atoms with Gasteiger partial charge in [-0.15, -0.1) is 5.10 Å². The Kier molecular flexibility index (Phi) is 5.82. The SMILES string of the molecule is CCCC(CNC(=O)Nc1nnc(C)c(C)n1)C(=O)O. The number of carboxylic acids is 1. The monoisotopic (exact) mass is 281 g/mol. The summed E-state index contributed by atoms with van der Waals surface area (Å²) in [5.41, 5.74) is 1.36. The molecule has 0 radical (unpaired) electrons. The molecule has 2 amide bonds. The minimum atomic E-state index is -0.920. The van der Waals surface area contributed by atoms with Crippen molar-refractivity contribution in [3.05, 3.63) is 11.4 Å². The van der Waals surface area contributed by atoms with Crippen LogP contribution in [0.1, 0.15) is 31.2 Å².